The first-order valence-corrected chi connectivity index (χ1v) is 12.0. The van der Waals surface area contributed by atoms with Crippen LogP contribution in [0.3, 0.4) is 0 Å². The van der Waals surface area contributed by atoms with Gasteiger partial charge < -0.3 is 10.1 Å². The highest BCUT2D eigenvalue weighted by atomic mass is 32.2. The van der Waals surface area contributed by atoms with E-state index in [9.17, 15) is 17.6 Å². The maximum absolute atomic E-state index is 13.0. The van der Waals surface area contributed by atoms with Gasteiger partial charge in [-0.1, -0.05) is 13.8 Å². The van der Waals surface area contributed by atoms with E-state index in [2.05, 4.69) is 19.2 Å². The monoisotopic (exact) mass is 448 g/mol. The maximum Gasteiger partial charge on any atom is 0.243 e. The molecule has 2 aromatic carbocycles. The van der Waals surface area contributed by atoms with Crippen LogP contribution in [0.15, 0.2) is 53.4 Å². The molecular formula is C23H29FN2O4S. The normalized spacial score (nSPS) is 15.7. The highest BCUT2D eigenvalue weighted by Gasteiger charge is 2.32. The largest absolute Gasteiger partial charge is 0.494 e. The van der Waals surface area contributed by atoms with Crippen LogP contribution in [0.4, 0.5) is 10.1 Å². The predicted molar refractivity (Wildman–Crippen MR) is 118 cm³/mol. The molecule has 0 saturated carbocycles. The van der Waals surface area contributed by atoms with Gasteiger partial charge in [0.15, 0.2) is 0 Å². The summed E-state index contributed by atoms with van der Waals surface area (Å²) in [5.41, 5.74) is 0.525. The summed E-state index contributed by atoms with van der Waals surface area (Å²) in [6, 6.07) is 12.1. The van der Waals surface area contributed by atoms with Gasteiger partial charge in [-0.2, -0.15) is 4.31 Å². The molecule has 1 amide bonds. The van der Waals surface area contributed by atoms with Crippen molar-refractivity contribution >= 4 is 21.6 Å². The fourth-order valence-electron chi connectivity index (χ4n) is 3.41. The second kappa shape index (κ2) is 10.2. The summed E-state index contributed by atoms with van der Waals surface area (Å²) in [5.74, 6) is 0.364. The lowest BCUT2D eigenvalue weighted by Gasteiger charge is -2.30. The molecule has 0 spiro atoms. The lowest BCUT2D eigenvalue weighted by molar-refractivity contribution is -0.120. The van der Waals surface area contributed by atoms with Gasteiger partial charge in [-0.15, -0.1) is 0 Å². The van der Waals surface area contributed by atoms with Crippen LogP contribution in [-0.2, 0) is 14.8 Å². The molecule has 8 heteroatoms. The highest BCUT2D eigenvalue weighted by molar-refractivity contribution is 7.89. The van der Waals surface area contributed by atoms with Crippen LogP contribution in [-0.4, -0.2) is 38.3 Å². The van der Waals surface area contributed by atoms with Gasteiger partial charge in [-0.3, -0.25) is 4.79 Å². The van der Waals surface area contributed by atoms with Crippen LogP contribution >= 0.6 is 0 Å². The van der Waals surface area contributed by atoms with Crippen molar-refractivity contribution in [3.63, 3.8) is 0 Å². The van der Waals surface area contributed by atoms with Gasteiger partial charge in [-0.05, 0) is 73.7 Å². The quantitative estimate of drug-likeness (QED) is 0.654. The summed E-state index contributed by atoms with van der Waals surface area (Å²) in [7, 11) is -3.62. The molecule has 0 aliphatic carbocycles. The molecule has 1 fully saturated rings. The van der Waals surface area contributed by atoms with Crippen LogP contribution in [0.5, 0.6) is 5.75 Å². The van der Waals surface area contributed by atoms with Gasteiger partial charge in [0.2, 0.25) is 15.9 Å². The van der Waals surface area contributed by atoms with Gasteiger partial charge in [0, 0.05) is 24.7 Å². The zero-order valence-corrected chi connectivity index (χ0v) is 18.7. The number of hydrogen-bond acceptors (Lipinski definition) is 4. The second-order valence-corrected chi connectivity index (χ2v) is 10.1. The zero-order chi connectivity index (χ0) is 22.4. The number of piperidine rings is 1. The summed E-state index contributed by atoms with van der Waals surface area (Å²) < 4.78 is 46.0. The first-order chi connectivity index (χ1) is 14.8. The molecule has 1 saturated heterocycles. The smallest absolute Gasteiger partial charge is 0.243 e. The minimum absolute atomic E-state index is 0.174. The zero-order valence-electron chi connectivity index (χ0n) is 17.9. The first kappa shape index (κ1) is 23.2. The summed E-state index contributed by atoms with van der Waals surface area (Å²) in [4.78, 5) is 12.7. The minimum atomic E-state index is -3.62. The standard InChI is InChI=1S/C23H29FN2O4S/c1-17(2)13-16-30-21-7-9-22(10-8-21)31(28,29)26-14-11-18(12-15-26)23(27)25-20-5-3-19(24)4-6-20/h3-10,17-18H,11-16H2,1-2H3,(H,25,27). The van der Waals surface area contributed by atoms with Crippen molar-refractivity contribution in [2.24, 2.45) is 11.8 Å². The average Bonchev–Trinajstić information content (AvgIpc) is 2.75. The van der Waals surface area contributed by atoms with Gasteiger partial charge in [-0.25, -0.2) is 12.8 Å². The van der Waals surface area contributed by atoms with E-state index in [0.29, 0.717) is 36.8 Å². The molecule has 168 valence electrons. The van der Waals surface area contributed by atoms with Gasteiger partial charge in [0.25, 0.3) is 0 Å². The van der Waals surface area contributed by atoms with Crippen molar-refractivity contribution in [2.75, 3.05) is 25.0 Å². The Morgan fingerprint density at radius 2 is 1.71 bits per heavy atom. The number of halogens is 1. The topological polar surface area (TPSA) is 75.7 Å². The Kier molecular flexibility index (Phi) is 7.67. The summed E-state index contributed by atoms with van der Waals surface area (Å²) in [5, 5.41) is 2.77. The van der Waals surface area contributed by atoms with Crippen LogP contribution in [0, 0.1) is 17.7 Å². The second-order valence-electron chi connectivity index (χ2n) is 8.18. The molecule has 0 radical (unpaired) electrons. The Morgan fingerprint density at radius 1 is 1.10 bits per heavy atom. The maximum atomic E-state index is 13.0. The van der Waals surface area contributed by atoms with E-state index in [4.69, 9.17) is 4.74 Å². The van der Waals surface area contributed by atoms with E-state index in [-0.39, 0.29) is 35.6 Å². The van der Waals surface area contributed by atoms with E-state index < -0.39 is 10.0 Å². The number of carbonyl (C=O) groups is 1. The molecule has 0 atom stereocenters. The lowest BCUT2D eigenvalue weighted by Crippen LogP contribution is -2.41. The van der Waals surface area contributed by atoms with Crippen LogP contribution < -0.4 is 10.1 Å². The van der Waals surface area contributed by atoms with Gasteiger partial charge >= 0.3 is 0 Å². The number of ether oxygens (including phenoxy) is 1. The van der Waals surface area contributed by atoms with E-state index in [0.717, 1.165) is 6.42 Å². The molecule has 0 bridgehead atoms. The summed E-state index contributed by atoms with van der Waals surface area (Å²) >= 11 is 0. The fraction of sp³-hybridized carbons (Fsp3) is 0.435. The molecule has 31 heavy (non-hydrogen) atoms. The molecule has 1 N–H and O–H groups in total. The highest BCUT2D eigenvalue weighted by Crippen LogP contribution is 2.26. The third-order valence-corrected chi connectivity index (χ3v) is 7.27. The molecule has 1 heterocycles. The van der Waals surface area contributed by atoms with E-state index in [1.165, 1.54) is 28.6 Å². The van der Waals surface area contributed by atoms with Crippen LogP contribution in [0.2, 0.25) is 0 Å². The molecule has 0 unspecified atom stereocenters. The summed E-state index contributed by atoms with van der Waals surface area (Å²) in [6.45, 7) is 5.38. The molecular weight excluding hydrogens is 419 g/mol. The first-order valence-electron chi connectivity index (χ1n) is 10.5. The van der Waals surface area contributed by atoms with Crippen LogP contribution in [0.25, 0.3) is 0 Å². The van der Waals surface area contributed by atoms with Gasteiger partial charge in [0.05, 0.1) is 11.5 Å². The summed E-state index contributed by atoms with van der Waals surface area (Å²) in [6.07, 6.45) is 1.80. The number of anilines is 1. The Balaban J connectivity index is 1.54. The Hall–Kier alpha value is -2.45. The molecule has 3 rings (SSSR count). The Morgan fingerprint density at radius 3 is 2.29 bits per heavy atom. The Bertz CT molecular complexity index is 968. The molecule has 1 aliphatic rings. The minimum Gasteiger partial charge on any atom is -0.494 e. The van der Waals surface area contributed by atoms with Crippen molar-refractivity contribution in [1.82, 2.24) is 4.31 Å². The Labute approximate surface area is 183 Å². The van der Waals surface area contributed by atoms with E-state index >= 15 is 0 Å². The number of benzene rings is 2. The van der Waals surface area contributed by atoms with Crippen molar-refractivity contribution in [1.29, 1.82) is 0 Å². The fourth-order valence-corrected chi connectivity index (χ4v) is 4.87. The molecule has 2 aromatic rings. The van der Waals surface area contributed by atoms with Crippen molar-refractivity contribution in [3.8, 4) is 5.75 Å². The SMILES string of the molecule is CC(C)CCOc1ccc(S(=O)(=O)N2CCC(C(=O)Nc3ccc(F)cc3)CC2)cc1. The third kappa shape index (κ3) is 6.27. The number of sulfonamides is 1. The van der Waals surface area contributed by atoms with Crippen molar-refractivity contribution in [3.05, 3.63) is 54.3 Å². The van der Waals surface area contributed by atoms with Crippen molar-refractivity contribution < 1.29 is 22.3 Å². The predicted octanol–water partition coefficient (Wildman–Crippen LogP) is 4.29. The third-order valence-electron chi connectivity index (χ3n) is 5.36. The van der Waals surface area contributed by atoms with E-state index in [1.54, 1.807) is 24.3 Å². The van der Waals surface area contributed by atoms with Gasteiger partial charge in [0.1, 0.15) is 11.6 Å². The lowest BCUT2D eigenvalue weighted by atomic mass is 9.97. The molecule has 6 nitrogen and oxygen atoms in total. The van der Waals surface area contributed by atoms with E-state index in [1.807, 2.05) is 0 Å². The number of nitrogens with one attached hydrogen (secondary N) is 1. The average molecular weight is 449 g/mol. The number of rotatable bonds is 8. The molecule has 1 aliphatic heterocycles. The molecule has 0 aromatic heterocycles. The number of carbonyl (C=O) groups excluding carboxylic acids is 1. The van der Waals surface area contributed by atoms with Crippen LogP contribution in [0.1, 0.15) is 33.1 Å². The number of hydrogen-bond donors (Lipinski definition) is 1. The number of nitrogens with zero attached hydrogens (tertiary/aromatic N) is 1. The van der Waals surface area contributed by atoms with Crippen molar-refractivity contribution in [2.45, 2.75) is 38.0 Å². The number of amides is 1.